The highest BCUT2D eigenvalue weighted by atomic mass is 32.2. The molecular formula is C22H24FNO3S. The maximum Gasteiger partial charge on any atom is 0.407 e. The standard InChI is InChI=1S/C22H24FNO3S/c1-22(2,3)28-13-19(20(23)25)24-21(26)27-12-18-16-10-6-4-8-14(16)15-9-5-7-11-17(15)18/h4-11,18-19H,12-13H2,1-3H3,(H,24,26)/t19-/m0/s1. The minimum atomic E-state index is -1.56. The number of carbonyl (C=O) groups excluding carboxylic acids is 2. The van der Waals surface area contributed by atoms with Crippen LogP contribution in [-0.2, 0) is 9.53 Å². The van der Waals surface area contributed by atoms with Crippen LogP contribution in [0.1, 0.15) is 37.8 Å². The molecule has 0 unspecified atom stereocenters. The summed E-state index contributed by atoms with van der Waals surface area (Å²) < 4.78 is 18.5. The zero-order valence-electron chi connectivity index (χ0n) is 16.2. The SMILES string of the molecule is CC(C)(C)SC[C@H](NC(=O)OCC1c2ccccc2-c2ccccc21)C(=O)F. The monoisotopic (exact) mass is 401 g/mol. The number of hydrogen-bond donors (Lipinski definition) is 1. The van der Waals surface area contributed by atoms with Gasteiger partial charge in [-0.25, -0.2) is 4.79 Å². The summed E-state index contributed by atoms with van der Waals surface area (Å²) in [5.41, 5.74) is 4.45. The molecule has 0 spiro atoms. The molecule has 0 fully saturated rings. The molecule has 1 aliphatic rings. The molecule has 148 valence electrons. The van der Waals surface area contributed by atoms with Crippen molar-refractivity contribution in [1.82, 2.24) is 5.32 Å². The van der Waals surface area contributed by atoms with E-state index in [1.54, 1.807) is 0 Å². The van der Waals surface area contributed by atoms with Gasteiger partial charge in [0, 0.05) is 16.4 Å². The second-order valence-corrected chi connectivity index (χ2v) is 9.60. The number of amides is 1. The van der Waals surface area contributed by atoms with Crippen LogP contribution in [0.5, 0.6) is 0 Å². The number of thioether (sulfide) groups is 1. The van der Waals surface area contributed by atoms with Crippen molar-refractivity contribution in [2.24, 2.45) is 0 Å². The summed E-state index contributed by atoms with van der Waals surface area (Å²) >= 11 is 1.41. The minimum absolute atomic E-state index is 0.0818. The number of halogens is 1. The summed E-state index contributed by atoms with van der Waals surface area (Å²) in [5.74, 6) is 0.0740. The molecule has 0 bridgehead atoms. The van der Waals surface area contributed by atoms with Gasteiger partial charge in [-0.05, 0) is 22.3 Å². The molecule has 0 radical (unpaired) electrons. The molecular weight excluding hydrogens is 377 g/mol. The van der Waals surface area contributed by atoms with Gasteiger partial charge in [0.15, 0.2) is 0 Å². The molecule has 0 aliphatic heterocycles. The Morgan fingerprint density at radius 3 is 2.11 bits per heavy atom. The number of fused-ring (bicyclic) bond motifs is 3. The van der Waals surface area contributed by atoms with Gasteiger partial charge >= 0.3 is 12.1 Å². The van der Waals surface area contributed by atoms with Crippen LogP contribution in [0, 0.1) is 0 Å². The van der Waals surface area contributed by atoms with Crippen molar-refractivity contribution in [3.05, 3.63) is 59.7 Å². The Labute approximate surface area is 168 Å². The van der Waals surface area contributed by atoms with Gasteiger partial charge < -0.3 is 10.1 Å². The molecule has 2 aromatic carbocycles. The first-order valence-corrected chi connectivity index (χ1v) is 10.2. The van der Waals surface area contributed by atoms with Gasteiger partial charge in [0.1, 0.15) is 12.6 Å². The maximum atomic E-state index is 13.3. The van der Waals surface area contributed by atoms with Crippen molar-refractivity contribution >= 4 is 23.9 Å². The van der Waals surface area contributed by atoms with E-state index in [1.165, 1.54) is 11.8 Å². The first-order chi connectivity index (χ1) is 13.3. The van der Waals surface area contributed by atoms with Crippen LogP contribution in [0.3, 0.4) is 0 Å². The van der Waals surface area contributed by atoms with Gasteiger partial charge in [-0.1, -0.05) is 69.3 Å². The predicted molar refractivity (Wildman–Crippen MR) is 110 cm³/mol. The topological polar surface area (TPSA) is 55.4 Å². The van der Waals surface area contributed by atoms with Crippen molar-refractivity contribution in [3.63, 3.8) is 0 Å². The number of benzene rings is 2. The Morgan fingerprint density at radius 2 is 1.61 bits per heavy atom. The van der Waals surface area contributed by atoms with Crippen molar-refractivity contribution in [2.75, 3.05) is 12.4 Å². The molecule has 4 nitrogen and oxygen atoms in total. The van der Waals surface area contributed by atoms with E-state index in [2.05, 4.69) is 17.4 Å². The van der Waals surface area contributed by atoms with Crippen molar-refractivity contribution < 1.29 is 18.7 Å². The number of nitrogens with one attached hydrogen (secondary N) is 1. The van der Waals surface area contributed by atoms with Crippen molar-refractivity contribution in [1.29, 1.82) is 0 Å². The second-order valence-electron chi connectivity index (χ2n) is 7.75. The van der Waals surface area contributed by atoms with Crippen LogP contribution < -0.4 is 5.32 Å². The van der Waals surface area contributed by atoms with Crippen LogP contribution in [0.4, 0.5) is 9.18 Å². The van der Waals surface area contributed by atoms with E-state index in [0.717, 1.165) is 22.3 Å². The zero-order chi connectivity index (χ0) is 20.3. The first-order valence-electron chi connectivity index (χ1n) is 9.21. The van der Waals surface area contributed by atoms with Gasteiger partial charge in [0.2, 0.25) is 0 Å². The molecule has 2 aromatic rings. The van der Waals surface area contributed by atoms with E-state index in [9.17, 15) is 14.0 Å². The normalized spacial score (nSPS) is 14.1. The highest BCUT2D eigenvalue weighted by Gasteiger charge is 2.30. The third-order valence-corrected chi connectivity index (χ3v) is 5.96. The number of ether oxygens (including phenoxy) is 1. The minimum Gasteiger partial charge on any atom is -0.449 e. The fourth-order valence-corrected chi connectivity index (χ4v) is 4.16. The molecule has 0 saturated heterocycles. The average Bonchev–Trinajstić information content (AvgIpc) is 2.96. The number of carbonyl (C=O) groups is 2. The number of hydrogen-bond acceptors (Lipinski definition) is 4. The van der Waals surface area contributed by atoms with E-state index < -0.39 is 18.2 Å². The van der Waals surface area contributed by atoms with Gasteiger partial charge in [-0.3, -0.25) is 4.79 Å². The molecule has 1 N–H and O–H groups in total. The lowest BCUT2D eigenvalue weighted by Crippen LogP contribution is -2.42. The van der Waals surface area contributed by atoms with Gasteiger partial charge in [-0.15, -0.1) is 0 Å². The predicted octanol–water partition coefficient (Wildman–Crippen LogP) is 4.92. The van der Waals surface area contributed by atoms with E-state index in [-0.39, 0.29) is 23.0 Å². The molecule has 0 heterocycles. The van der Waals surface area contributed by atoms with Crippen molar-refractivity contribution in [2.45, 2.75) is 37.5 Å². The molecule has 0 aromatic heterocycles. The van der Waals surface area contributed by atoms with Crippen LogP contribution in [0.25, 0.3) is 11.1 Å². The van der Waals surface area contributed by atoms with Crippen molar-refractivity contribution in [3.8, 4) is 11.1 Å². The van der Waals surface area contributed by atoms with E-state index in [1.807, 2.05) is 57.2 Å². The Balaban J connectivity index is 1.65. The van der Waals surface area contributed by atoms with Crippen LogP contribution in [0.2, 0.25) is 0 Å². The molecule has 6 heteroatoms. The largest absolute Gasteiger partial charge is 0.449 e. The second kappa shape index (κ2) is 8.35. The third-order valence-electron chi connectivity index (χ3n) is 4.59. The summed E-state index contributed by atoms with van der Waals surface area (Å²) in [5, 5.41) is 2.35. The number of alkyl carbamates (subject to hydrolysis) is 1. The third kappa shape index (κ3) is 4.73. The first kappa shape index (κ1) is 20.4. The molecule has 1 amide bonds. The van der Waals surface area contributed by atoms with Crippen LogP contribution in [-0.4, -0.2) is 35.3 Å². The maximum absolute atomic E-state index is 13.3. The highest BCUT2D eigenvalue weighted by molar-refractivity contribution is 8.00. The van der Waals surface area contributed by atoms with Gasteiger partial charge in [0.05, 0.1) is 0 Å². The lowest BCUT2D eigenvalue weighted by molar-refractivity contribution is -0.130. The molecule has 1 aliphatic carbocycles. The number of rotatable bonds is 6. The Hall–Kier alpha value is -2.34. The quantitative estimate of drug-likeness (QED) is 0.698. The summed E-state index contributed by atoms with van der Waals surface area (Å²) in [6.07, 6.45) is -0.785. The highest BCUT2D eigenvalue weighted by Crippen LogP contribution is 2.44. The smallest absolute Gasteiger partial charge is 0.407 e. The summed E-state index contributed by atoms with van der Waals surface area (Å²) in [4.78, 5) is 23.4. The van der Waals surface area contributed by atoms with E-state index >= 15 is 0 Å². The van der Waals surface area contributed by atoms with Gasteiger partial charge in [-0.2, -0.15) is 16.2 Å². The lowest BCUT2D eigenvalue weighted by Gasteiger charge is -2.21. The van der Waals surface area contributed by atoms with Crippen LogP contribution >= 0.6 is 11.8 Å². The Morgan fingerprint density at radius 1 is 1.07 bits per heavy atom. The van der Waals surface area contributed by atoms with E-state index in [0.29, 0.717) is 0 Å². The molecule has 3 rings (SSSR count). The Bertz CT molecular complexity index is 833. The summed E-state index contributed by atoms with van der Waals surface area (Å²) in [7, 11) is 0. The zero-order valence-corrected chi connectivity index (χ0v) is 17.0. The summed E-state index contributed by atoms with van der Waals surface area (Å²) in [6.45, 7) is 6.01. The summed E-state index contributed by atoms with van der Waals surface area (Å²) in [6, 6.07) is 13.3. The fourth-order valence-electron chi connectivity index (χ4n) is 3.28. The molecule has 0 saturated carbocycles. The lowest BCUT2D eigenvalue weighted by atomic mass is 9.98. The van der Waals surface area contributed by atoms with Gasteiger partial charge in [0.25, 0.3) is 0 Å². The average molecular weight is 402 g/mol. The fraction of sp³-hybridized carbons (Fsp3) is 0.364. The molecule has 28 heavy (non-hydrogen) atoms. The van der Waals surface area contributed by atoms with E-state index in [4.69, 9.17) is 4.74 Å². The van der Waals surface area contributed by atoms with Crippen LogP contribution in [0.15, 0.2) is 48.5 Å². The Kier molecular flexibility index (Phi) is 6.08. The molecule has 1 atom stereocenters.